The average molecular weight is 373 g/mol. The first-order chi connectivity index (χ1) is 13.0. The number of nitrogens with zero attached hydrogens (tertiary/aromatic N) is 4. The van der Waals surface area contributed by atoms with Gasteiger partial charge in [-0.3, -0.25) is 19.5 Å². The van der Waals surface area contributed by atoms with Gasteiger partial charge in [0.05, 0.1) is 6.42 Å². The van der Waals surface area contributed by atoms with Gasteiger partial charge in [0, 0.05) is 62.9 Å². The third-order valence-corrected chi connectivity index (χ3v) is 4.55. The molecule has 10 nitrogen and oxygen atoms in total. The van der Waals surface area contributed by atoms with E-state index in [4.69, 9.17) is 0 Å². The summed E-state index contributed by atoms with van der Waals surface area (Å²) in [7, 11) is 0. The number of rotatable bonds is 6. The number of aromatic nitrogens is 4. The molecule has 27 heavy (non-hydrogen) atoms. The van der Waals surface area contributed by atoms with Crippen LogP contribution in [0.3, 0.4) is 0 Å². The molecule has 3 rings (SSSR count). The van der Waals surface area contributed by atoms with Crippen molar-refractivity contribution in [1.82, 2.24) is 30.2 Å². The standard InChI is InChI=1S/C17H23N7O3/c1-12-13(15(26)22-17(27)21-12)11-14(25)18-5-6-23-7-9-24(10-8-23)16-19-3-2-4-20-16/h2-4H,5-11H2,1H3,(H,18,25)(H2,21,22,26,27). The Hall–Kier alpha value is -3.01. The molecule has 10 heteroatoms. The summed E-state index contributed by atoms with van der Waals surface area (Å²) in [4.78, 5) is 52.6. The molecule has 3 N–H and O–H groups in total. The molecule has 0 radical (unpaired) electrons. The lowest BCUT2D eigenvalue weighted by Gasteiger charge is -2.34. The summed E-state index contributed by atoms with van der Waals surface area (Å²) >= 11 is 0. The number of nitrogens with one attached hydrogen (secondary N) is 3. The second-order valence-corrected chi connectivity index (χ2v) is 6.42. The van der Waals surface area contributed by atoms with Gasteiger partial charge in [-0.2, -0.15) is 0 Å². The number of piperazine rings is 1. The molecule has 0 aliphatic carbocycles. The van der Waals surface area contributed by atoms with Crippen LogP contribution >= 0.6 is 0 Å². The van der Waals surface area contributed by atoms with Crippen molar-refractivity contribution >= 4 is 11.9 Å². The van der Waals surface area contributed by atoms with Crippen molar-refractivity contribution < 1.29 is 4.79 Å². The van der Waals surface area contributed by atoms with Crippen molar-refractivity contribution in [2.45, 2.75) is 13.3 Å². The Morgan fingerprint density at radius 1 is 1.15 bits per heavy atom. The number of H-pyrrole nitrogens is 2. The molecule has 0 unspecified atom stereocenters. The number of carbonyl (C=O) groups is 1. The maximum Gasteiger partial charge on any atom is 0.325 e. The summed E-state index contributed by atoms with van der Waals surface area (Å²) < 4.78 is 0. The predicted molar refractivity (Wildman–Crippen MR) is 99.8 cm³/mol. The van der Waals surface area contributed by atoms with Gasteiger partial charge < -0.3 is 15.2 Å². The first-order valence-corrected chi connectivity index (χ1v) is 8.86. The van der Waals surface area contributed by atoms with Gasteiger partial charge in [-0.05, 0) is 13.0 Å². The topological polar surface area (TPSA) is 127 Å². The average Bonchev–Trinajstić information content (AvgIpc) is 2.66. The first kappa shape index (κ1) is 18.8. The highest BCUT2D eigenvalue weighted by Crippen LogP contribution is 2.09. The van der Waals surface area contributed by atoms with Crippen LogP contribution in [0.1, 0.15) is 11.3 Å². The van der Waals surface area contributed by atoms with Crippen LogP contribution in [0.5, 0.6) is 0 Å². The maximum atomic E-state index is 12.1. The molecule has 3 heterocycles. The van der Waals surface area contributed by atoms with Gasteiger partial charge >= 0.3 is 5.69 Å². The van der Waals surface area contributed by atoms with Crippen molar-refractivity contribution in [3.63, 3.8) is 0 Å². The summed E-state index contributed by atoms with van der Waals surface area (Å²) in [6.45, 7) is 6.25. The Labute approximate surface area is 155 Å². The zero-order chi connectivity index (χ0) is 19.2. The molecule has 0 bridgehead atoms. The van der Waals surface area contributed by atoms with Gasteiger partial charge in [0.15, 0.2) is 0 Å². The fraction of sp³-hybridized carbons (Fsp3) is 0.471. The Bertz CT molecular complexity index is 885. The van der Waals surface area contributed by atoms with E-state index in [1.165, 1.54) is 0 Å². The zero-order valence-corrected chi connectivity index (χ0v) is 15.2. The molecular weight excluding hydrogens is 350 g/mol. The number of carbonyl (C=O) groups excluding carboxylic acids is 1. The molecule has 1 fully saturated rings. The van der Waals surface area contributed by atoms with E-state index in [1.54, 1.807) is 25.4 Å². The highest BCUT2D eigenvalue weighted by atomic mass is 16.2. The minimum absolute atomic E-state index is 0.0585. The summed E-state index contributed by atoms with van der Waals surface area (Å²) in [5.41, 5.74) is -0.394. The Balaban J connectivity index is 1.41. The van der Waals surface area contributed by atoms with Gasteiger partial charge in [0.1, 0.15) is 0 Å². The van der Waals surface area contributed by atoms with Crippen LogP contribution in [-0.4, -0.2) is 70.0 Å². The van der Waals surface area contributed by atoms with Crippen LogP contribution in [-0.2, 0) is 11.2 Å². The van der Waals surface area contributed by atoms with Crippen molar-refractivity contribution in [1.29, 1.82) is 0 Å². The number of anilines is 1. The molecule has 1 amide bonds. The normalized spacial score (nSPS) is 14.9. The third-order valence-electron chi connectivity index (χ3n) is 4.55. The SMILES string of the molecule is Cc1[nH]c(=O)[nH]c(=O)c1CC(=O)NCCN1CCN(c2ncccn2)CC1. The lowest BCUT2D eigenvalue weighted by Crippen LogP contribution is -2.49. The lowest BCUT2D eigenvalue weighted by molar-refractivity contribution is -0.120. The molecule has 0 saturated carbocycles. The number of amides is 1. The molecular formula is C17H23N7O3. The lowest BCUT2D eigenvalue weighted by atomic mass is 10.1. The van der Waals surface area contributed by atoms with E-state index >= 15 is 0 Å². The highest BCUT2D eigenvalue weighted by molar-refractivity contribution is 5.78. The maximum absolute atomic E-state index is 12.1. The van der Waals surface area contributed by atoms with E-state index < -0.39 is 11.2 Å². The van der Waals surface area contributed by atoms with Crippen LogP contribution in [0.25, 0.3) is 0 Å². The summed E-state index contributed by atoms with van der Waals surface area (Å²) in [5.74, 6) is 0.499. The summed E-state index contributed by atoms with van der Waals surface area (Å²) in [6.07, 6.45) is 3.41. The second kappa shape index (κ2) is 8.58. The van der Waals surface area contributed by atoms with Crippen molar-refractivity contribution in [3.05, 3.63) is 50.6 Å². The van der Waals surface area contributed by atoms with Crippen LogP contribution < -0.4 is 21.5 Å². The number of hydrogen-bond acceptors (Lipinski definition) is 7. The number of aromatic amines is 2. The van der Waals surface area contributed by atoms with Gasteiger partial charge in [0.25, 0.3) is 5.56 Å². The van der Waals surface area contributed by atoms with Crippen molar-refractivity contribution in [2.24, 2.45) is 0 Å². The quantitative estimate of drug-likeness (QED) is 0.571. The van der Waals surface area contributed by atoms with E-state index in [-0.39, 0.29) is 17.9 Å². The van der Waals surface area contributed by atoms with Gasteiger partial charge in [-0.25, -0.2) is 14.8 Å². The monoisotopic (exact) mass is 373 g/mol. The Kier molecular flexibility index (Phi) is 5.97. The number of hydrogen-bond donors (Lipinski definition) is 3. The van der Waals surface area contributed by atoms with Crippen molar-refractivity contribution in [2.75, 3.05) is 44.2 Å². The van der Waals surface area contributed by atoms with E-state index in [1.807, 2.05) is 0 Å². The van der Waals surface area contributed by atoms with Crippen LogP contribution in [0.2, 0.25) is 0 Å². The first-order valence-electron chi connectivity index (χ1n) is 8.86. The number of aryl methyl sites for hydroxylation is 1. The molecule has 0 atom stereocenters. The van der Waals surface area contributed by atoms with E-state index in [0.29, 0.717) is 12.2 Å². The van der Waals surface area contributed by atoms with Crippen LogP contribution in [0, 0.1) is 6.92 Å². The molecule has 1 aliphatic rings. The van der Waals surface area contributed by atoms with E-state index in [2.05, 4.69) is 35.1 Å². The highest BCUT2D eigenvalue weighted by Gasteiger charge is 2.18. The fourth-order valence-corrected chi connectivity index (χ4v) is 3.04. The fourth-order valence-electron chi connectivity index (χ4n) is 3.04. The predicted octanol–water partition coefficient (Wildman–Crippen LogP) is -1.36. The van der Waals surface area contributed by atoms with E-state index in [9.17, 15) is 14.4 Å². The van der Waals surface area contributed by atoms with E-state index in [0.717, 1.165) is 38.7 Å². The molecule has 2 aromatic heterocycles. The van der Waals surface area contributed by atoms with Crippen molar-refractivity contribution in [3.8, 4) is 0 Å². The molecule has 2 aromatic rings. The molecule has 1 saturated heterocycles. The van der Waals surface area contributed by atoms with Gasteiger partial charge in [-0.1, -0.05) is 0 Å². The molecule has 1 aliphatic heterocycles. The van der Waals surface area contributed by atoms with Gasteiger partial charge in [-0.15, -0.1) is 0 Å². The zero-order valence-electron chi connectivity index (χ0n) is 15.2. The largest absolute Gasteiger partial charge is 0.355 e. The third kappa shape index (κ3) is 5.00. The molecule has 144 valence electrons. The minimum atomic E-state index is -0.568. The van der Waals surface area contributed by atoms with Gasteiger partial charge in [0.2, 0.25) is 11.9 Å². The van der Waals surface area contributed by atoms with Crippen LogP contribution in [0.4, 0.5) is 5.95 Å². The summed E-state index contributed by atoms with van der Waals surface area (Å²) in [6, 6.07) is 1.80. The minimum Gasteiger partial charge on any atom is -0.355 e. The Morgan fingerprint density at radius 3 is 2.52 bits per heavy atom. The molecule has 0 aromatic carbocycles. The smallest absolute Gasteiger partial charge is 0.325 e. The Morgan fingerprint density at radius 2 is 1.85 bits per heavy atom. The summed E-state index contributed by atoms with van der Waals surface area (Å²) in [5, 5.41) is 2.83. The van der Waals surface area contributed by atoms with Crippen LogP contribution in [0.15, 0.2) is 28.0 Å². The molecule has 0 spiro atoms. The second-order valence-electron chi connectivity index (χ2n) is 6.42.